The highest BCUT2D eigenvalue weighted by Crippen LogP contribution is 2.09. The van der Waals surface area contributed by atoms with Crippen molar-refractivity contribution in [1.82, 2.24) is 9.66 Å². The molecule has 0 aliphatic carbocycles. The lowest BCUT2D eigenvalue weighted by molar-refractivity contribution is 0.223. The Kier molecular flexibility index (Phi) is 1.68. The fraction of sp³-hybridized carbons (Fsp3) is 0.125. The van der Waals surface area contributed by atoms with Crippen molar-refractivity contribution in [3.8, 4) is 0 Å². The molecule has 0 spiro atoms. The maximum Gasteiger partial charge on any atom is 0.118 e. The molecule has 2 aromatic rings. The molecule has 0 amide bonds. The van der Waals surface area contributed by atoms with Crippen LogP contribution in [-0.2, 0) is 4.84 Å². The Bertz CT molecular complexity index is 382. The second-order valence-electron chi connectivity index (χ2n) is 2.40. The molecule has 0 bridgehead atoms. The molecular weight excluding hydrogens is 154 g/mol. The average molecular weight is 163 g/mol. The predicted octanol–water partition coefficient (Wildman–Crippen LogP) is 1.14. The first-order valence-corrected chi connectivity index (χ1v) is 3.63. The van der Waals surface area contributed by atoms with Crippen molar-refractivity contribution in [2.75, 3.05) is 12.7 Å². The van der Waals surface area contributed by atoms with E-state index in [-0.39, 0.29) is 0 Å². The molecule has 1 N–H and O–H groups in total. The molecule has 12 heavy (non-hydrogen) atoms. The van der Waals surface area contributed by atoms with E-state index in [1.54, 1.807) is 18.1 Å². The van der Waals surface area contributed by atoms with Gasteiger partial charge in [0.2, 0.25) is 0 Å². The Morgan fingerprint density at radius 2 is 2.25 bits per heavy atom. The molecule has 4 heteroatoms. The van der Waals surface area contributed by atoms with E-state index in [1.165, 1.54) is 0 Å². The topological polar surface area (TPSA) is 39.1 Å². The SMILES string of the molecule is CONn1cnc2ccccc21. The van der Waals surface area contributed by atoms with Crippen LogP contribution in [-0.4, -0.2) is 16.8 Å². The Balaban J connectivity index is 2.55. The monoisotopic (exact) mass is 163 g/mol. The van der Waals surface area contributed by atoms with Crippen molar-refractivity contribution >= 4 is 11.0 Å². The number of benzene rings is 1. The van der Waals surface area contributed by atoms with Crippen LogP contribution in [0.25, 0.3) is 11.0 Å². The van der Waals surface area contributed by atoms with Gasteiger partial charge in [-0.2, -0.15) is 0 Å². The fourth-order valence-corrected chi connectivity index (χ4v) is 1.13. The van der Waals surface area contributed by atoms with E-state index in [0.717, 1.165) is 11.0 Å². The van der Waals surface area contributed by atoms with Crippen LogP contribution in [0.1, 0.15) is 0 Å². The molecule has 1 aromatic carbocycles. The minimum Gasteiger partial charge on any atom is -0.264 e. The molecule has 0 aliphatic rings. The molecule has 0 unspecified atom stereocenters. The van der Waals surface area contributed by atoms with Gasteiger partial charge >= 0.3 is 0 Å². The highest BCUT2D eigenvalue weighted by molar-refractivity contribution is 5.75. The quantitative estimate of drug-likeness (QED) is 0.675. The van der Waals surface area contributed by atoms with Gasteiger partial charge in [0.1, 0.15) is 6.33 Å². The van der Waals surface area contributed by atoms with E-state index in [1.807, 2.05) is 24.3 Å². The van der Waals surface area contributed by atoms with Crippen LogP contribution in [0.5, 0.6) is 0 Å². The third-order valence-electron chi connectivity index (χ3n) is 1.64. The molecule has 0 aliphatic heterocycles. The summed E-state index contributed by atoms with van der Waals surface area (Å²) in [6.07, 6.45) is 1.67. The molecule has 1 heterocycles. The predicted molar refractivity (Wildman–Crippen MR) is 46.1 cm³/mol. The van der Waals surface area contributed by atoms with Crippen LogP contribution in [0.15, 0.2) is 30.6 Å². The first-order chi connectivity index (χ1) is 5.92. The first kappa shape index (κ1) is 7.12. The van der Waals surface area contributed by atoms with Gasteiger partial charge in [0.25, 0.3) is 0 Å². The second-order valence-corrected chi connectivity index (χ2v) is 2.40. The number of imidazole rings is 1. The highest BCUT2D eigenvalue weighted by Gasteiger charge is 1.98. The van der Waals surface area contributed by atoms with Crippen LogP contribution in [0.2, 0.25) is 0 Å². The lowest BCUT2D eigenvalue weighted by atomic mass is 10.3. The summed E-state index contributed by atoms with van der Waals surface area (Å²) in [5.74, 6) is 0. The summed E-state index contributed by atoms with van der Waals surface area (Å²) >= 11 is 0. The van der Waals surface area contributed by atoms with Crippen molar-refractivity contribution in [1.29, 1.82) is 0 Å². The minimum absolute atomic E-state index is 0.946. The molecule has 0 saturated carbocycles. The van der Waals surface area contributed by atoms with Gasteiger partial charge in [-0.05, 0) is 12.1 Å². The molecule has 0 saturated heterocycles. The van der Waals surface area contributed by atoms with Gasteiger partial charge in [-0.25, -0.2) is 15.2 Å². The summed E-state index contributed by atoms with van der Waals surface area (Å²) in [5, 5.41) is 0. The maximum absolute atomic E-state index is 4.77. The molecule has 4 nitrogen and oxygen atoms in total. The van der Waals surface area contributed by atoms with Gasteiger partial charge in [0, 0.05) is 0 Å². The average Bonchev–Trinajstić information content (AvgIpc) is 2.50. The number of hydrogen-bond donors (Lipinski definition) is 1. The lowest BCUT2D eigenvalue weighted by Crippen LogP contribution is -2.10. The van der Waals surface area contributed by atoms with Crippen molar-refractivity contribution in [3.05, 3.63) is 30.6 Å². The molecule has 0 radical (unpaired) electrons. The van der Waals surface area contributed by atoms with E-state index in [9.17, 15) is 0 Å². The van der Waals surface area contributed by atoms with E-state index in [4.69, 9.17) is 4.84 Å². The zero-order chi connectivity index (χ0) is 8.39. The van der Waals surface area contributed by atoms with Gasteiger partial charge in [0.05, 0.1) is 18.1 Å². The summed E-state index contributed by atoms with van der Waals surface area (Å²) in [6, 6.07) is 7.82. The van der Waals surface area contributed by atoms with Gasteiger partial charge in [-0.3, -0.25) is 4.84 Å². The number of fused-ring (bicyclic) bond motifs is 1. The third-order valence-corrected chi connectivity index (χ3v) is 1.64. The number of nitrogens with zero attached hydrogens (tertiary/aromatic N) is 2. The Hall–Kier alpha value is -1.55. The second kappa shape index (κ2) is 2.83. The van der Waals surface area contributed by atoms with Gasteiger partial charge in [0.15, 0.2) is 0 Å². The van der Waals surface area contributed by atoms with Gasteiger partial charge in [-0.15, -0.1) is 0 Å². The zero-order valence-corrected chi connectivity index (χ0v) is 6.69. The number of para-hydroxylation sites is 2. The summed E-state index contributed by atoms with van der Waals surface area (Å²) in [5.41, 5.74) is 4.63. The zero-order valence-electron chi connectivity index (χ0n) is 6.69. The minimum atomic E-state index is 0.946. The maximum atomic E-state index is 4.77. The lowest BCUT2D eigenvalue weighted by Gasteiger charge is -2.02. The van der Waals surface area contributed by atoms with Crippen LogP contribution in [0, 0.1) is 0 Å². The number of nitrogens with one attached hydrogen (secondary N) is 1. The van der Waals surface area contributed by atoms with Crippen molar-refractivity contribution in [2.45, 2.75) is 0 Å². The van der Waals surface area contributed by atoms with Crippen LogP contribution in [0.4, 0.5) is 0 Å². The van der Waals surface area contributed by atoms with Crippen LogP contribution in [0.3, 0.4) is 0 Å². The summed E-state index contributed by atoms with van der Waals surface area (Å²) in [6.45, 7) is 0. The fourth-order valence-electron chi connectivity index (χ4n) is 1.13. The molecule has 0 atom stereocenters. The first-order valence-electron chi connectivity index (χ1n) is 3.63. The molecular formula is C8H9N3O. The van der Waals surface area contributed by atoms with E-state index in [0.29, 0.717) is 0 Å². The van der Waals surface area contributed by atoms with Crippen molar-refractivity contribution < 1.29 is 4.84 Å². The van der Waals surface area contributed by atoms with Crippen molar-refractivity contribution in [3.63, 3.8) is 0 Å². The largest absolute Gasteiger partial charge is 0.264 e. The third kappa shape index (κ3) is 1.02. The molecule has 1 aromatic heterocycles. The summed E-state index contributed by atoms with van der Waals surface area (Å²) in [4.78, 5) is 8.93. The highest BCUT2D eigenvalue weighted by atomic mass is 16.7. The van der Waals surface area contributed by atoms with Gasteiger partial charge in [-0.1, -0.05) is 12.1 Å². The Morgan fingerprint density at radius 3 is 3.08 bits per heavy atom. The molecule has 62 valence electrons. The standard InChI is InChI=1S/C8H9N3O/c1-12-10-11-6-9-7-4-2-3-5-8(7)11/h2-6,10H,1H3. The molecule has 0 fully saturated rings. The van der Waals surface area contributed by atoms with E-state index < -0.39 is 0 Å². The summed E-state index contributed by atoms with van der Waals surface area (Å²) < 4.78 is 1.72. The van der Waals surface area contributed by atoms with Gasteiger partial charge < -0.3 is 0 Å². The van der Waals surface area contributed by atoms with Crippen LogP contribution < -0.4 is 5.59 Å². The van der Waals surface area contributed by atoms with Crippen molar-refractivity contribution in [2.24, 2.45) is 0 Å². The summed E-state index contributed by atoms with van der Waals surface area (Å²) in [7, 11) is 1.56. The van der Waals surface area contributed by atoms with Crippen LogP contribution >= 0.6 is 0 Å². The number of aromatic nitrogens is 2. The van der Waals surface area contributed by atoms with E-state index in [2.05, 4.69) is 10.6 Å². The normalized spacial score (nSPS) is 10.4. The Morgan fingerprint density at radius 1 is 1.42 bits per heavy atom. The molecule has 2 rings (SSSR count). The smallest absolute Gasteiger partial charge is 0.118 e. The number of hydrogen-bond acceptors (Lipinski definition) is 3. The Labute approximate surface area is 69.7 Å². The number of rotatable bonds is 2. The van der Waals surface area contributed by atoms with E-state index >= 15 is 0 Å².